The SMILES string of the molecule is O=C(c1cccc(C(F)(F)F)c1)c1ccccc1Sc1ccccc1. The maximum atomic E-state index is 12.9. The first-order valence-corrected chi connectivity index (χ1v) is 8.31. The van der Waals surface area contributed by atoms with E-state index in [0.717, 1.165) is 17.0 Å². The fourth-order valence-electron chi connectivity index (χ4n) is 2.35. The fraction of sp³-hybridized carbons (Fsp3) is 0.0500. The number of rotatable bonds is 4. The largest absolute Gasteiger partial charge is 0.416 e. The molecular weight excluding hydrogens is 345 g/mol. The van der Waals surface area contributed by atoms with Crippen molar-refractivity contribution in [3.05, 3.63) is 95.6 Å². The summed E-state index contributed by atoms with van der Waals surface area (Å²) in [5, 5.41) is 0. The summed E-state index contributed by atoms with van der Waals surface area (Å²) in [6, 6.07) is 20.9. The van der Waals surface area contributed by atoms with Gasteiger partial charge in [0.1, 0.15) is 0 Å². The summed E-state index contributed by atoms with van der Waals surface area (Å²) < 4.78 is 38.7. The van der Waals surface area contributed by atoms with Crippen LogP contribution in [0, 0.1) is 0 Å². The van der Waals surface area contributed by atoms with E-state index >= 15 is 0 Å². The lowest BCUT2D eigenvalue weighted by Gasteiger charge is -2.11. The first kappa shape index (κ1) is 17.3. The Morgan fingerprint density at radius 1 is 0.800 bits per heavy atom. The zero-order chi connectivity index (χ0) is 17.9. The van der Waals surface area contributed by atoms with E-state index in [4.69, 9.17) is 0 Å². The second kappa shape index (κ2) is 7.15. The third-order valence-corrected chi connectivity index (χ3v) is 4.64. The van der Waals surface area contributed by atoms with Gasteiger partial charge in [0.05, 0.1) is 5.56 Å². The summed E-state index contributed by atoms with van der Waals surface area (Å²) in [6.07, 6.45) is -4.48. The molecule has 0 saturated heterocycles. The molecule has 0 fully saturated rings. The van der Waals surface area contributed by atoms with Gasteiger partial charge in [0, 0.05) is 20.9 Å². The van der Waals surface area contributed by atoms with Crippen molar-refractivity contribution in [3.63, 3.8) is 0 Å². The molecular formula is C20H13F3OS. The maximum Gasteiger partial charge on any atom is 0.416 e. The van der Waals surface area contributed by atoms with Crippen molar-refractivity contribution in [2.75, 3.05) is 0 Å². The van der Waals surface area contributed by atoms with E-state index in [1.165, 1.54) is 23.9 Å². The zero-order valence-electron chi connectivity index (χ0n) is 13.0. The highest BCUT2D eigenvalue weighted by Gasteiger charge is 2.31. The molecule has 5 heteroatoms. The summed E-state index contributed by atoms with van der Waals surface area (Å²) in [5.74, 6) is -0.426. The van der Waals surface area contributed by atoms with Gasteiger partial charge in [-0.05, 0) is 36.4 Å². The number of carbonyl (C=O) groups is 1. The maximum absolute atomic E-state index is 12.9. The van der Waals surface area contributed by atoms with Gasteiger partial charge < -0.3 is 0 Å². The van der Waals surface area contributed by atoms with Crippen molar-refractivity contribution < 1.29 is 18.0 Å². The van der Waals surface area contributed by atoms with Gasteiger partial charge in [-0.1, -0.05) is 54.2 Å². The normalized spacial score (nSPS) is 11.3. The van der Waals surface area contributed by atoms with Gasteiger partial charge in [-0.15, -0.1) is 0 Å². The highest BCUT2D eigenvalue weighted by Crippen LogP contribution is 2.33. The van der Waals surface area contributed by atoms with Gasteiger partial charge in [0.15, 0.2) is 5.78 Å². The third-order valence-electron chi connectivity index (χ3n) is 3.55. The van der Waals surface area contributed by atoms with Crippen LogP contribution in [0.15, 0.2) is 88.7 Å². The van der Waals surface area contributed by atoms with Crippen molar-refractivity contribution in [2.45, 2.75) is 16.0 Å². The van der Waals surface area contributed by atoms with Crippen LogP contribution < -0.4 is 0 Å². The van der Waals surface area contributed by atoms with Crippen LogP contribution in [-0.2, 0) is 6.18 Å². The van der Waals surface area contributed by atoms with E-state index in [-0.39, 0.29) is 5.56 Å². The van der Waals surface area contributed by atoms with Gasteiger partial charge in [-0.2, -0.15) is 13.2 Å². The lowest BCUT2D eigenvalue weighted by atomic mass is 10.0. The van der Waals surface area contributed by atoms with Gasteiger partial charge in [0.2, 0.25) is 0 Å². The summed E-state index contributed by atoms with van der Waals surface area (Å²) in [6.45, 7) is 0. The van der Waals surface area contributed by atoms with Crippen molar-refractivity contribution in [2.24, 2.45) is 0 Å². The molecule has 3 aromatic carbocycles. The van der Waals surface area contributed by atoms with Crippen LogP contribution in [0.3, 0.4) is 0 Å². The van der Waals surface area contributed by atoms with E-state index in [2.05, 4.69) is 0 Å². The highest BCUT2D eigenvalue weighted by atomic mass is 32.2. The molecule has 1 nitrogen and oxygen atoms in total. The minimum absolute atomic E-state index is 0.0240. The Bertz CT molecular complexity index is 889. The molecule has 25 heavy (non-hydrogen) atoms. The van der Waals surface area contributed by atoms with Crippen molar-refractivity contribution in [3.8, 4) is 0 Å². The third kappa shape index (κ3) is 4.12. The van der Waals surface area contributed by atoms with E-state index in [1.54, 1.807) is 24.3 Å². The van der Waals surface area contributed by atoms with Crippen LogP contribution >= 0.6 is 11.8 Å². The Balaban J connectivity index is 1.96. The van der Waals surface area contributed by atoms with Crippen LogP contribution in [0.2, 0.25) is 0 Å². The van der Waals surface area contributed by atoms with Crippen molar-refractivity contribution in [1.82, 2.24) is 0 Å². The second-order valence-corrected chi connectivity index (χ2v) is 6.43. The molecule has 126 valence electrons. The Kier molecular flexibility index (Phi) is 4.95. The molecule has 0 saturated carbocycles. The quantitative estimate of drug-likeness (QED) is 0.525. The average molecular weight is 358 g/mol. The molecule has 0 unspecified atom stereocenters. The Morgan fingerprint density at radius 2 is 1.48 bits per heavy atom. The molecule has 0 amide bonds. The summed E-state index contributed by atoms with van der Waals surface area (Å²) >= 11 is 1.40. The molecule has 0 spiro atoms. The number of hydrogen-bond acceptors (Lipinski definition) is 2. The van der Waals surface area contributed by atoms with Gasteiger partial charge in [0.25, 0.3) is 0 Å². The second-order valence-electron chi connectivity index (χ2n) is 5.32. The molecule has 3 aromatic rings. The van der Waals surface area contributed by atoms with Gasteiger partial charge in [-0.3, -0.25) is 4.79 Å². The van der Waals surface area contributed by atoms with E-state index < -0.39 is 17.5 Å². The summed E-state index contributed by atoms with van der Waals surface area (Å²) in [7, 11) is 0. The number of hydrogen-bond donors (Lipinski definition) is 0. The molecule has 0 radical (unpaired) electrons. The average Bonchev–Trinajstić information content (AvgIpc) is 2.62. The predicted octanol–water partition coefficient (Wildman–Crippen LogP) is 6.09. The van der Waals surface area contributed by atoms with Crippen LogP contribution in [-0.4, -0.2) is 5.78 Å². The Labute approximate surface area is 147 Å². The highest BCUT2D eigenvalue weighted by molar-refractivity contribution is 7.99. The molecule has 0 aliphatic heterocycles. The molecule has 3 rings (SSSR count). The number of carbonyl (C=O) groups excluding carboxylic acids is 1. The van der Waals surface area contributed by atoms with Crippen molar-refractivity contribution in [1.29, 1.82) is 0 Å². The summed E-state index contributed by atoms with van der Waals surface area (Å²) in [4.78, 5) is 14.4. The topological polar surface area (TPSA) is 17.1 Å². The predicted molar refractivity (Wildman–Crippen MR) is 91.9 cm³/mol. The van der Waals surface area contributed by atoms with Crippen LogP contribution in [0.25, 0.3) is 0 Å². The lowest BCUT2D eigenvalue weighted by molar-refractivity contribution is -0.137. The lowest BCUT2D eigenvalue weighted by Crippen LogP contribution is -2.08. The number of benzene rings is 3. The smallest absolute Gasteiger partial charge is 0.289 e. The number of ketones is 1. The van der Waals surface area contributed by atoms with E-state index in [9.17, 15) is 18.0 Å². The molecule has 0 heterocycles. The standard InChI is InChI=1S/C20H13F3OS/c21-20(22,23)15-8-6-7-14(13-15)19(24)17-11-4-5-12-18(17)25-16-9-2-1-3-10-16/h1-13H. The first-order valence-electron chi connectivity index (χ1n) is 7.49. The molecule has 0 aliphatic rings. The van der Waals surface area contributed by atoms with Crippen LogP contribution in [0.4, 0.5) is 13.2 Å². The minimum atomic E-state index is -4.48. The molecule has 0 bridgehead atoms. The Hall–Kier alpha value is -2.53. The molecule has 0 aromatic heterocycles. The van der Waals surface area contributed by atoms with Crippen LogP contribution in [0.5, 0.6) is 0 Å². The zero-order valence-corrected chi connectivity index (χ0v) is 13.8. The first-order chi connectivity index (χ1) is 11.9. The molecule has 0 N–H and O–H groups in total. The monoisotopic (exact) mass is 358 g/mol. The number of halogens is 3. The summed E-state index contributed by atoms with van der Waals surface area (Å²) in [5.41, 5.74) is -0.418. The van der Waals surface area contributed by atoms with E-state index in [1.807, 2.05) is 30.3 Å². The van der Waals surface area contributed by atoms with E-state index in [0.29, 0.717) is 10.5 Å². The molecule has 0 aliphatic carbocycles. The van der Waals surface area contributed by atoms with Crippen LogP contribution in [0.1, 0.15) is 21.5 Å². The minimum Gasteiger partial charge on any atom is -0.289 e. The van der Waals surface area contributed by atoms with Crippen molar-refractivity contribution >= 4 is 17.5 Å². The number of alkyl halides is 3. The fourth-order valence-corrected chi connectivity index (χ4v) is 3.32. The van der Waals surface area contributed by atoms with Gasteiger partial charge in [-0.25, -0.2) is 0 Å². The molecule has 0 atom stereocenters. The Morgan fingerprint density at radius 3 is 2.20 bits per heavy atom. The van der Waals surface area contributed by atoms with Gasteiger partial charge >= 0.3 is 6.18 Å².